The van der Waals surface area contributed by atoms with Crippen molar-refractivity contribution >= 4 is 11.7 Å². The van der Waals surface area contributed by atoms with Gasteiger partial charge < -0.3 is 15.8 Å². The maximum absolute atomic E-state index is 8.42. The molecule has 0 aromatic carbocycles. The quantitative estimate of drug-likeness (QED) is 0.339. The highest BCUT2D eigenvalue weighted by Gasteiger charge is 2.05. The number of anilines is 1. The van der Waals surface area contributed by atoms with Gasteiger partial charge in [-0.1, -0.05) is 5.16 Å². The van der Waals surface area contributed by atoms with Crippen molar-refractivity contribution in [2.45, 2.75) is 20.3 Å². The van der Waals surface area contributed by atoms with Crippen LogP contribution in [0, 0.1) is 13.8 Å². The van der Waals surface area contributed by atoms with Gasteiger partial charge in [0.25, 0.3) is 0 Å². The number of aryl methyl sites for hydroxylation is 2. The van der Waals surface area contributed by atoms with E-state index in [0.29, 0.717) is 13.0 Å². The Bertz CT molecular complexity index is 391. The fraction of sp³-hybridized carbons (Fsp3) is 0.500. The largest absolute Gasteiger partial charge is 0.409 e. The molecule has 1 rings (SSSR count). The van der Waals surface area contributed by atoms with Gasteiger partial charge in [-0.05, 0) is 13.8 Å². The zero-order valence-electron chi connectivity index (χ0n) is 9.80. The van der Waals surface area contributed by atoms with Crippen molar-refractivity contribution in [3.63, 3.8) is 0 Å². The van der Waals surface area contributed by atoms with Crippen molar-refractivity contribution in [2.24, 2.45) is 10.9 Å². The second kappa shape index (κ2) is 5.29. The molecule has 0 bridgehead atoms. The molecule has 1 aromatic rings. The second-order valence-corrected chi connectivity index (χ2v) is 3.66. The highest BCUT2D eigenvalue weighted by molar-refractivity contribution is 5.80. The van der Waals surface area contributed by atoms with E-state index in [2.05, 4.69) is 15.1 Å². The van der Waals surface area contributed by atoms with E-state index in [-0.39, 0.29) is 5.84 Å². The Hall–Kier alpha value is -1.85. The van der Waals surface area contributed by atoms with Crippen LogP contribution in [-0.2, 0) is 0 Å². The summed E-state index contributed by atoms with van der Waals surface area (Å²) < 4.78 is 0. The van der Waals surface area contributed by atoms with E-state index >= 15 is 0 Å². The van der Waals surface area contributed by atoms with E-state index in [9.17, 15) is 0 Å². The van der Waals surface area contributed by atoms with E-state index in [1.807, 2.05) is 25.8 Å². The van der Waals surface area contributed by atoms with Gasteiger partial charge in [-0.3, -0.25) is 4.98 Å². The van der Waals surface area contributed by atoms with E-state index in [4.69, 9.17) is 10.9 Å². The Labute approximate surface area is 94.8 Å². The van der Waals surface area contributed by atoms with Gasteiger partial charge in [0.15, 0.2) is 0 Å². The molecule has 3 N–H and O–H groups in total. The summed E-state index contributed by atoms with van der Waals surface area (Å²) in [7, 11) is 1.89. The fourth-order valence-corrected chi connectivity index (χ4v) is 1.16. The zero-order valence-corrected chi connectivity index (χ0v) is 9.80. The molecule has 0 atom stereocenters. The van der Waals surface area contributed by atoms with Crippen LogP contribution in [-0.4, -0.2) is 34.6 Å². The molecule has 0 radical (unpaired) electrons. The number of nitrogens with two attached hydrogens (primary N) is 1. The van der Waals surface area contributed by atoms with Crippen LogP contribution >= 0.6 is 0 Å². The molecule has 0 aliphatic heterocycles. The summed E-state index contributed by atoms with van der Waals surface area (Å²) in [6, 6.07) is 0. The number of nitrogens with zero attached hydrogens (tertiary/aromatic N) is 4. The summed E-state index contributed by atoms with van der Waals surface area (Å²) in [5.41, 5.74) is 7.23. The number of hydrogen-bond acceptors (Lipinski definition) is 5. The van der Waals surface area contributed by atoms with Gasteiger partial charge in [-0.2, -0.15) is 0 Å². The first kappa shape index (κ1) is 12.2. The average Bonchev–Trinajstić information content (AvgIpc) is 2.29. The van der Waals surface area contributed by atoms with Crippen LogP contribution in [0.5, 0.6) is 0 Å². The summed E-state index contributed by atoms with van der Waals surface area (Å²) in [5, 5.41) is 11.3. The minimum Gasteiger partial charge on any atom is -0.409 e. The molecule has 0 spiro atoms. The first-order valence-electron chi connectivity index (χ1n) is 5.02. The lowest BCUT2D eigenvalue weighted by molar-refractivity contribution is 0.317. The van der Waals surface area contributed by atoms with Crippen LogP contribution in [0.15, 0.2) is 11.4 Å². The number of oxime groups is 1. The predicted octanol–water partition coefficient (Wildman–Crippen LogP) is 0.666. The third kappa shape index (κ3) is 3.08. The first-order chi connectivity index (χ1) is 7.54. The van der Waals surface area contributed by atoms with Crippen LogP contribution in [0.25, 0.3) is 0 Å². The van der Waals surface area contributed by atoms with Gasteiger partial charge in [0, 0.05) is 20.0 Å². The molecule has 0 unspecified atom stereocenters. The minimum atomic E-state index is 0.212. The van der Waals surface area contributed by atoms with Gasteiger partial charge in [0.1, 0.15) is 11.7 Å². The van der Waals surface area contributed by atoms with Crippen LogP contribution in [0.3, 0.4) is 0 Å². The lowest BCUT2D eigenvalue weighted by Crippen LogP contribution is -2.25. The third-order valence-corrected chi connectivity index (χ3v) is 2.40. The molecule has 0 aliphatic rings. The number of hydrogen-bond donors (Lipinski definition) is 2. The highest BCUT2D eigenvalue weighted by Crippen LogP contribution is 2.10. The van der Waals surface area contributed by atoms with Gasteiger partial charge >= 0.3 is 0 Å². The maximum atomic E-state index is 8.42. The van der Waals surface area contributed by atoms with Crippen LogP contribution < -0.4 is 10.6 Å². The Morgan fingerprint density at radius 3 is 2.75 bits per heavy atom. The van der Waals surface area contributed by atoms with Crippen LogP contribution in [0.2, 0.25) is 0 Å². The summed E-state index contributed by atoms with van der Waals surface area (Å²) in [4.78, 5) is 10.5. The molecule has 0 aliphatic carbocycles. The molecule has 1 aromatic heterocycles. The van der Waals surface area contributed by atoms with Crippen molar-refractivity contribution < 1.29 is 5.21 Å². The van der Waals surface area contributed by atoms with Crippen molar-refractivity contribution in [1.82, 2.24) is 9.97 Å². The molecule has 6 heteroatoms. The van der Waals surface area contributed by atoms with Gasteiger partial charge in [-0.25, -0.2) is 4.98 Å². The molecule has 16 heavy (non-hydrogen) atoms. The molecule has 1 heterocycles. The molecule has 0 saturated heterocycles. The van der Waals surface area contributed by atoms with E-state index in [1.54, 1.807) is 6.20 Å². The fourth-order valence-electron chi connectivity index (χ4n) is 1.16. The summed E-state index contributed by atoms with van der Waals surface area (Å²) in [6.07, 6.45) is 2.20. The van der Waals surface area contributed by atoms with Crippen molar-refractivity contribution in [1.29, 1.82) is 0 Å². The predicted molar refractivity (Wildman–Crippen MR) is 62.8 cm³/mol. The van der Waals surface area contributed by atoms with Crippen molar-refractivity contribution in [3.8, 4) is 0 Å². The molecule has 0 saturated carbocycles. The highest BCUT2D eigenvalue weighted by atomic mass is 16.4. The normalized spacial score (nSPS) is 11.6. The Balaban J connectivity index is 2.66. The maximum Gasteiger partial charge on any atom is 0.147 e. The summed E-state index contributed by atoms with van der Waals surface area (Å²) in [6.45, 7) is 4.47. The van der Waals surface area contributed by atoms with Gasteiger partial charge in [0.05, 0.1) is 17.6 Å². The lowest BCUT2D eigenvalue weighted by Gasteiger charge is -2.17. The van der Waals surface area contributed by atoms with Gasteiger partial charge in [0.2, 0.25) is 0 Å². The van der Waals surface area contributed by atoms with Gasteiger partial charge in [-0.15, -0.1) is 0 Å². The van der Waals surface area contributed by atoms with E-state index in [0.717, 1.165) is 17.2 Å². The first-order valence-corrected chi connectivity index (χ1v) is 5.02. The standard InChI is InChI=1S/C10H17N5O/c1-7-8(2)13-10(6-12-7)15(3)5-4-9(11)14-16/h6,16H,4-5H2,1-3H3,(H2,11,14). The topological polar surface area (TPSA) is 87.6 Å². The molecular formula is C10H17N5O. The molecular weight excluding hydrogens is 206 g/mol. The monoisotopic (exact) mass is 223 g/mol. The zero-order chi connectivity index (χ0) is 12.1. The Morgan fingerprint density at radius 2 is 2.19 bits per heavy atom. The van der Waals surface area contributed by atoms with Crippen molar-refractivity contribution in [3.05, 3.63) is 17.6 Å². The molecule has 88 valence electrons. The lowest BCUT2D eigenvalue weighted by atomic mass is 10.3. The van der Waals surface area contributed by atoms with E-state index < -0.39 is 0 Å². The Kier molecular flexibility index (Phi) is 4.04. The molecule has 0 fully saturated rings. The molecule has 6 nitrogen and oxygen atoms in total. The minimum absolute atomic E-state index is 0.212. The van der Waals surface area contributed by atoms with Crippen LogP contribution in [0.4, 0.5) is 5.82 Å². The smallest absolute Gasteiger partial charge is 0.147 e. The summed E-state index contributed by atoms with van der Waals surface area (Å²) >= 11 is 0. The summed E-state index contributed by atoms with van der Waals surface area (Å²) in [5.74, 6) is 0.998. The van der Waals surface area contributed by atoms with Crippen molar-refractivity contribution in [2.75, 3.05) is 18.5 Å². The van der Waals surface area contributed by atoms with Crippen LogP contribution in [0.1, 0.15) is 17.8 Å². The number of amidine groups is 1. The number of rotatable bonds is 4. The second-order valence-electron chi connectivity index (χ2n) is 3.66. The third-order valence-electron chi connectivity index (χ3n) is 2.40. The SMILES string of the molecule is Cc1ncc(N(C)CCC(N)=NO)nc1C. The number of aromatic nitrogens is 2. The molecule has 0 amide bonds. The van der Waals surface area contributed by atoms with E-state index in [1.165, 1.54) is 0 Å². The average molecular weight is 223 g/mol. The Morgan fingerprint density at radius 1 is 1.50 bits per heavy atom.